The number of H-pyrrole nitrogens is 1. The molecule has 1 aliphatic rings. The molecule has 2 aromatic rings. The first-order chi connectivity index (χ1) is 7.43. The molecule has 0 aromatic carbocycles. The van der Waals surface area contributed by atoms with Crippen LogP contribution < -0.4 is 5.32 Å². The van der Waals surface area contributed by atoms with Crippen LogP contribution in [0.15, 0.2) is 30.6 Å². The number of nitrogens with one attached hydrogen (secondary N) is 2. The Balaban J connectivity index is 2.06. The van der Waals surface area contributed by atoms with Gasteiger partial charge in [0.25, 0.3) is 0 Å². The molecule has 3 heterocycles. The van der Waals surface area contributed by atoms with Gasteiger partial charge in [0.05, 0.1) is 0 Å². The van der Waals surface area contributed by atoms with Gasteiger partial charge in [0, 0.05) is 24.3 Å². The van der Waals surface area contributed by atoms with Crippen LogP contribution in [0.1, 0.15) is 12.0 Å². The molecule has 0 aliphatic carbocycles. The maximum atomic E-state index is 4.39. The topological polar surface area (TPSA) is 40.7 Å². The van der Waals surface area contributed by atoms with Crippen LogP contribution in [-0.4, -0.2) is 23.1 Å². The first kappa shape index (κ1) is 8.68. The highest BCUT2D eigenvalue weighted by atomic mass is 14.9. The van der Waals surface area contributed by atoms with Crippen molar-refractivity contribution in [3.05, 3.63) is 36.2 Å². The average Bonchev–Trinajstić information content (AvgIpc) is 2.77. The molecule has 2 N–H and O–H groups in total. The fourth-order valence-electron chi connectivity index (χ4n) is 1.98. The first-order valence-electron chi connectivity index (χ1n) is 5.27. The van der Waals surface area contributed by atoms with E-state index in [-0.39, 0.29) is 0 Å². The van der Waals surface area contributed by atoms with Crippen LogP contribution >= 0.6 is 0 Å². The third-order valence-corrected chi connectivity index (χ3v) is 2.80. The molecule has 76 valence electrons. The van der Waals surface area contributed by atoms with Gasteiger partial charge in [-0.1, -0.05) is 6.08 Å². The van der Waals surface area contributed by atoms with Crippen LogP contribution in [0, 0.1) is 0 Å². The third-order valence-electron chi connectivity index (χ3n) is 2.80. The fraction of sp³-hybridized carbons (Fsp3) is 0.250. The van der Waals surface area contributed by atoms with E-state index < -0.39 is 0 Å². The summed E-state index contributed by atoms with van der Waals surface area (Å²) in [5.41, 5.74) is 3.55. The summed E-state index contributed by atoms with van der Waals surface area (Å²) in [4.78, 5) is 7.50. The van der Waals surface area contributed by atoms with Crippen molar-refractivity contribution in [1.29, 1.82) is 0 Å². The monoisotopic (exact) mass is 199 g/mol. The number of hydrogen-bond donors (Lipinski definition) is 2. The van der Waals surface area contributed by atoms with Gasteiger partial charge in [-0.2, -0.15) is 0 Å². The van der Waals surface area contributed by atoms with Gasteiger partial charge in [-0.15, -0.1) is 0 Å². The van der Waals surface area contributed by atoms with Crippen LogP contribution in [-0.2, 0) is 0 Å². The summed E-state index contributed by atoms with van der Waals surface area (Å²) >= 11 is 0. The van der Waals surface area contributed by atoms with E-state index in [1.54, 1.807) is 0 Å². The Bertz CT molecular complexity index is 510. The summed E-state index contributed by atoms with van der Waals surface area (Å²) < 4.78 is 0. The predicted octanol–water partition coefficient (Wildman–Crippen LogP) is 1.94. The summed E-state index contributed by atoms with van der Waals surface area (Å²) in [5.74, 6) is 0. The summed E-state index contributed by atoms with van der Waals surface area (Å²) in [6.45, 7) is 2.04. The predicted molar refractivity (Wildman–Crippen MR) is 61.6 cm³/mol. The molecule has 2 aromatic heterocycles. The Morgan fingerprint density at radius 2 is 2.33 bits per heavy atom. The van der Waals surface area contributed by atoms with Gasteiger partial charge in [0.1, 0.15) is 5.65 Å². The molecule has 0 fully saturated rings. The van der Waals surface area contributed by atoms with Gasteiger partial charge in [0.15, 0.2) is 0 Å². The molecule has 0 unspecified atom stereocenters. The SMILES string of the molecule is C1=C(c2cnc3[nH]ccc3c2)CNCC1. The molecule has 0 amide bonds. The van der Waals surface area contributed by atoms with E-state index in [2.05, 4.69) is 33.5 Å². The van der Waals surface area contributed by atoms with E-state index in [1.165, 1.54) is 16.5 Å². The van der Waals surface area contributed by atoms with Crippen molar-refractivity contribution in [3.63, 3.8) is 0 Å². The van der Waals surface area contributed by atoms with Crippen molar-refractivity contribution < 1.29 is 0 Å². The summed E-state index contributed by atoms with van der Waals surface area (Å²) in [5, 5.41) is 4.55. The number of rotatable bonds is 1. The highest BCUT2D eigenvalue weighted by molar-refractivity contribution is 5.80. The lowest BCUT2D eigenvalue weighted by Gasteiger charge is -2.13. The minimum absolute atomic E-state index is 0.956. The number of fused-ring (bicyclic) bond motifs is 1. The van der Waals surface area contributed by atoms with Gasteiger partial charge >= 0.3 is 0 Å². The van der Waals surface area contributed by atoms with E-state index in [9.17, 15) is 0 Å². The standard InChI is InChI=1S/C12H13N3/c1-2-10(7-13-4-1)11-6-9-3-5-14-12(9)15-8-11/h2-3,5-6,8,13H,1,4,7H2,(H,14,15). The molecule has 0 atom stereocenters. The lowest BCUT2D eigenvalue weighted by atomic mass is 10.0. The Hall–Kier alpha value is -1.61. The van der Waals surface area contributed by atoms with Crippen LogP contribution in [0.2, 0.25) is 0 Å². The zero-order valence-electron chi connectivity index (χ0n) is 8.46. The third kappa shape index (κ3) is 1.55. The second-order valence-electron chi connectivity index (χ2n) is 3.83. The molecule has 0 spiro atoms. The smallest absolute Gasteiger partial charge is 0.137 e. The second kappa shape index (κ2) is 3.51. The van der Waals surface area contributed by atoms with E-state index in [0.29, 0.717) is 0 Å². The van der Waals surface area contributed by atoms with Crippen LogP contribution in [0.4, 0.5) is 0 Å². The van der Waals surface area contributed by atoms with Crippen molar-refractivity contribution in [2.45, 2.75) is 6.42 Å². The lowest BCUT2D eigenvalue weighted by molar-refractivity contribution is 0.739. The van der Waals surface area contributed by atoms with Crippen LogP contribution in [0.5, 0.6) is 0 Å². The van der Waals surface area contributed by atoms with Gasteiger partial charge in [-0.25, -0.2) is 4.98 Å². The molecule has 3 rings (SSSR count). The number of aromatic nitrogens is 2. The molecular formula is C12H13N3. The molecule has 0 radical (unpaired) electrons. The van der Waals surface area contributed by atoms with Crippen molar-refractivity contribution in [2.75, 3.05) is 13.1 Å². The van der Waals surface area contributed by atoms with Gasteiger partial charge in [0.2, 0.25) is 0 Å². The molecule has 0 bridgehead atoms. The van der Waals surface area contributed by atoms with Crippen molar-refractivity contribution in [2.24, 2.45) is 0 Å². The Morgan fingerprint density at radius 1 is 1.33 bits per heavy atom. The van der Waals surface area contributed by atoms with Crippen molar-refractivity contribution in [1.82, 2.24) is 15.3 Å². The minimum atomic E-state index is 0.956. The van der Waals surface area contributed by atoms with Gasteiger partial charge in [-0.05, 0) is 36.2 Å². The number of aromatic amines is 1. The quantitative estimate of drug-likeness (QED) is 0.737. The Labute approximate surface area is 88.2 Å². The zero-order valence-corrected chi connectivity index (χ0v) is 8.46. The molecule has 15 heavy (non-hydrogen) atoms. The maximum absolute atomic E-state index is 4.39. The fourth-order valence-corrected chi connectivity index (χ4v) is 1.98. The normalized spacial score (nSPS) is 16.7. The summed E-state index contributed by atoms with van der Waals surface area (Å²) in [7, 11) is 0. The number of hydrogen-bond acceptors (Lipinski definition) is 2. The highest BCUT2D eigenvalue weighted by Crippen LogP contribution is 2.19. The second-order valence-corrected chi connectivity index (χ2v) is 3.83. The summed E-state index contributed by atoms with van der Waals surface area (Å²) in [6.07, 6.45) is 7.28. The number of nitrogens with zero attached hydrogens (tertiary/aromatic N) is 1. The lowest BCUT2D eigenvalue weighted by Crippen LogP contribution is -2.21. The molecule has 3 heteroatoms. The largest absolute Gasteiger partial charge is 0.346 e. The summed E-state index contributed by atoms with van der Waals surface area (Å²) in [6, 6.07) is 4.25. The molecule has 1 aliphatic heterocycles. The van der Waals surface area contributed by atoms with Crippen LogP contribution in [0.25, 0.3) is 16.6 Å². The molecule has 3 nitrogen and oxygen atoms in total. The van der Waals surface area contributed by atoms with E-state index >= 15 is 0 Å². The van der Waals surface area contributed by atoms with Crippen molar-refractivity contribution in [3.8, 4) is 0 Å². The first-order valence-corrected chi connectivity index (χ1v) is 5.27. The van der Waals surface area contributed by atoms with Crippen molar-refractivity contribution >= 4 is 16.6 Å². The zero-order chi connectivity index (χ0) is 10.1. The molecule has 0 saturated carbocycles. The molecule has 0 saturated heterocycles. The maximum Gasteiger partial charge on any atom is 0.137 e. The highest BCUT2D eigenvalue weighted by Gasteiger charge is 2.06. The Morgan fingerprint density at radius 3 is 3.20 bits per heavy atom. The van der Waals surface area contributed by atoms with Crippen LogP contribution in [0.3, 0.4) is 0 Å². The number of pyridine rings is 1. The Kier molecular flexibility index (Phi) is 2.03. The van der Waals surface area contributed by atoms with Gasteiger partial charge < -0.3 is 10.3 Å². The average molecular weight is 199 g/mol. The van der Waals surface area contributed by atoms with E-state index in [1.807, 2.05) is 12.4 Å². The van der Waals surface area contributed by atoms with E-state index in [4.69, 9.17) is 0 Å². The van der Waals surface area contributed by atoms with E-state index in [0.717, 1.165) is 25.2 Å². The van der Waals surface area contributed by atoms with Gasteiger partial charge in [-0.3, -0.25) is 0 Å². The minimum Gasteiger partial charge on any atom is -0.346 e. The molecular weight excluding hydrogens is 186 g/mol.